The van der Waals surface area contributed by atoms with Crippen LogP contribution < -0.4 is 0 Å². The highest BCUT2D eigenvalue weighted by Crippen LogP contribution is 2.71. The number of nitriles is 1. The number of carboxylic acids is 1. The van der Waals surface area contributed by atoms with Crippen molar-refractivity contribution in [3.05, 3.63) is 46.1 Å². The summed E-state index contributed by atoms with van der Waals surface area (Å²) in [5, 5.41) is 19.9. The Kier molecular flexibility index (Phi) is 5.23. The molecule has 2 unspecified atom stereocenters. The van der Waals surface area contributed by atoms with Gasteiger partial charge in [-0.2, -0.15) is 5.26 Å². The van der Waals surface area contributed by atoms with Crippen molar-refractivity contribution in [3.63, 3.8) is 0 Å². The van der Waals surface area contributed by atoms with Crippen LogP contribution in [0.4, 0.5) is 0 Å². The monoisotopic (exact) mass is 480 g/mol. The molecule has 1 amide bonds. The standard InChI is InChI=1S/C28H33ClN2O3/c1-25(2,3)8-7-19-4-5-20(11-22(19)29)28-9-6-18(13-30)10-21(28)14-31(23(32)12-28)27-15-26(16-27,17-27)24(33)34/h4-5,11,14,18H,6-10,12,15-17H2,1-3H3,(H,33,34). The van der Waals surface area contributed by atoms with Gasteiger partial charge in [0.05, 0.1) is 22.9 Å². The number of amides is 1. The summed E-state index contributed by atoms with van der Waals surface area (Å²) in [6.07, 6.45) is 8.06. The summed E-state index contributed by atoms with van der Waals surface area (Å²) in [6.45, 7) is 6.67. The molecule has 2 atom stereocenters. The molecule has 34 heavy (non-hydrogen) atoms. The van der Waals surface area contributed by atoms with Gasteiger partial charge in [-0.3, -0.25) is 9.59 Å². The van der Waals surface area contributed by atoms with E-state index >= 15 is 0 Å². The van der Waals surface area contributed by atoms with Crippen LogP contribution in [0.15, 0.2) is 30.0 Å². The van der Waals surface area contributed by atoms with Gasteiger partial charge in [0.15, 0.2) is 0 Å². The minimum absolute atomic E-state index is 0.0608. The van der Waals surface area contributed by atoms with Gasteiger partial charge in [-0.1, -0.05) is 44.5 Å². The lowest BCUT2D eigenvalue weighted by molar-refractivity contribution is -0.224. The number of allylic oxidation sites excluding steroid dienone is 1. The summed E-state index contributed by atoms with van der Waals surface area (Å²) in [7, 11) is 0. The molecule has 6 heteroatoms. The molecule has 0 radical (unpaired) electrons. The Bertz CT molecular complexity index is 1120. The van der Waals surface area contributed by atoms with E-state index in [0.29, 0.717) is 32.1 Å². The molecule has 1 aromatic rings. The SMILES string of the molecule is CC(C)(C)CCc1ccc(C23CCC(C#N)CC2=CN(C24CC(C(=O)O)(C2)C4)C(=O)C3)cc1Cl. The van der Waals surface area contributed by atoms with E-state index in [2.05, 4.69) is 39.0 Å². The second-order valence-corrected chi connectivity index (χ2v) is 12.9. The van der Waals surface area contributed by atoms with Gasteiger partial charge in [0.25, 0.3) is 0 Å². The van der Waals surface area contributed by atoms with Crippen LogP contribution in [0.1, 0.15) is 83.3 Å². The first-order chi connectivity index (χ1) is 15.9. The smallest absolute Gasteiger partial charge is 0.309 e. The Labute approximate surface area is 206 Å². The van der Waals surface area contributed by atoms with E-state index in [0.717, 1.165) is 47.4 Å². The van der Waals surface area contributed by atoms with Crippen LogP contribution >= 0.6 is 11.6 Å². The molecule has 5 nitrogen and oxygen atoms in total. The fourth-order valence-corrected chi connectivity index (χ4v) is 7.09. The van der Waals surface area contributed by atoms with E-state index in [9.17, 15) is 20.0 Å². The molecule has 4 saturated carbocycles. The summed E-state index contributed by atoms with van der Waals surface area (Å²) in [5.74, 6) is -0.746. The van der Waals surface area contributed by atoms with Crippen molar-refractivity contribution in [1.29, 1.82) is 5.26 Å². The Balaban J connectivity index is 1.47. The quantitative estimate of drug-likeness (QED) is 0.560. The van der Waals surface area contributed by atoms with E-state index < -0.39 is 16.8 Å². The van der Waals surface area contributed by atoms with Crippen molar-refractivity contribution >= 4 is 23.5 Å². The lowest BCUT2D eigenvalue weighted by atomic mass is 9.38. The molecule has 6 rings (SSSR count). The third kappa shape index (κ3) is 3.49. The molecule has 1 N–H and O–H groups in total. The number of hydrogen-bond donors (Lipinski definition) is 1. The number of fused-ring (bicyclic) bond motifs is 1. The van der Waals surface area contributed by atoms with Crippen molar-refractivity contribution in [2.45, 2.75) is 89.5 Å². The fourth-order valence-electron chi connectivity index (χ4n) is 6.81. The average molecular weight is 481 g/mol. The largest absolute Gasteiger partial charge is 0.481 e. The molecule has 4 fully saturated rings. The van der Waals surface area contributed by atoms with Crippen LogP contribution in [0.3, 0.4) is 0 Å². The zero-order chi connectivity index (χ0) is 24.5. The van der Waals surface area contributed by atoms with Crippen molar-refractivity contribution < 1.29 is 14.7 Å². The number of benzene rings is 1. The van der Waals surface area contributed by atoms with E-state index in [1.165, 1.54) is 0 Å². The van der Waals surface area contributed by atoms with Gasteiger partial charge >= 0.3 is 5.97 Å². The van der Waals surface area contributed by atoms with Crippen LogP contribution in [0.25, 0.3) is 0 Å². The minimum Gasteiger partial charge on any atom is -0.481 e. The molecule has 0 aromatic heterocycles. The van der Waals surface area contributed by atoms with E-state index in [4.69, 9.17) is 11.6 Å². The van der Waals surface area contributed by atoms with Crippen LogP contribution in [-0.4, -0.2) is 27.4 Å². The molecule has 4 aliphatic carbocycles. The molecule has 0 saturated heterocycles. The van der Waals surface area contributed by atoms with Gasteiger partial charge < -0.3 is 10.0 Å². The molecule has 180 valence electrons. The molecular weight excluding hydrogens is 448 g/mol. The first kappa shape index (κ1) is 23.4. The van der Waals surface area contributed by atoms with Crippen molar-refractivity contribution in [3.8, 4) is 6.07 Å². The maximum absolute atomic E-state index is 13.5. The normalized spacial score (nSPS) is 34.3. The minimum atomic E-state index is -0.746. The number of carbonyl (C=O) groups is 2. The molecule has 1 aliphatic heterocycles. The van der Waals surface area contributed by atoms with Crippen LogP contribution in [-0.2, 0) is 21.4 Å². The first-order valence-corrected chi connectivity index (χ1v) is 12.8. The third-order valence-corrected chi connectivity index (χ3v) is 9.26. The Hall–Kier alpha value is -2.32. The van der Waals surface area contributed by atoms with Gasteiger partial charge in [0.2, 0.25) is 5.91 Å². The van der Waals surface area contributed by atoms with Crippen molar-refractivity contribution in [1.82, 2.24) is 4.90 Å². The number of carboxylic acid groups (broad SMARTS) is 1. The Morgan fingerprint density at radius 2 is 2.00 bits per heavy atom. The van der Waals surface area contributed by atoms with Gasteiger partial charge in [-0.05, 0) is 79.5 Å². The van der Waals surface area contributed by atoms with E-state index in [1.807, 2.05) is 17.2 Å². The molecule has 2 bridgehead atoms. The first-order valence-electron chi connectivity index (χ1n) is 12.4. The zero-order valence-electron chi connectivity index (χ0n) is 20.3. The van der Waals surface area contributed by atoms with Crippen LogP contribution in [0.5, 0.6) is 0 Å². The Morgan fingerprint density at radius 1 is 1.29 bits per heavy atom. The van der Waals surface area contributed by atoms with E-state index in [1.54, 1.807) is 0 Å². The predicted octanol–water partition coefficient (Wildman–Crippen LogP) is 6.00. The topological polar surface area (TPSA) is 81.4 Å². The number of hydrogen-bond acceptors (Lipinski definition) is 3. The Morgan fingerprint density at radius 3 is 2.59 bits per heavy atom. The highest BCUT2D eigenvalue weighted by atomic mass is 35.5. The van der Waals surface area contributed by atoms with Crippen LogP contribution in [0, 0.1) is 28.1 Å². The van der Waals surface area contributed by atoms with Crippen LogP contribution in [0.2, 0.25) is 5.02 Å². The number of halogens is 1. The second kappa shape index (κ2) is 7.59. The van der Waals surface area contributed by atoms with Gasteiger partial charge in [0, 0.05) is 23.1 Å². The van der Waals surface area contributed by atoms with Gasteiger partial charge in [0.1, 0.15) is 0 Å². The lowest BCUT2D eigenvalue weighted by Gasteiger charge is -2.71. The highest BCUT2D eigenvalue weighted by molar-refractivity contribution is 6.31. The van der Waals surface area contributed by atoms with E-state index in [-0.39, 0.29) is 22.8 Å². The summed E-state index contributed by atoms with van der Waals surface area (Å²) in [4.78, 5) is 26.9. The lowest BCUT2D eigenvalue weighted by Crippen LogP contribution is -2.77. The molecule has 0 spiro atoms. The summed E-state index contributed by atoms with van der Waals surface area (Å²) in [5.41, 5.74) is 2.14. The number of aryl methyl sites for hydroxylation is 1. The maximum atomic E-state index is 13.5. The highest BCUT2D eigenvalue weighted by Gasteiger charge is 2.75. The molecule has 1 heterocycles. The summed E-state index contributed by atoms with van der Waals surface area (Å²) >= 11 is 6.76. The van der Waals surface area contributed by atoms with Gasteiger partial charge in [-0.25, -0.2) is 0 Å². The number of nitrogens with zero attached hydrogens (tertiary/aromatic N) is 2. The summed E-state index contributed by atoms with van der Waals surface area (Å²) in [6, 6.07) is 8.72. The van der Waals surface area contributed by atoms with Crippen molar-refractivity contribution in [2.75, 3.05) is 0 Å². The number of rotatable bonds is 5. The molecule has 5 aliphatic rings. The molecule has 1 aromatic carbocycles. The second-order valence-electron chi connectivity index (χ2n) is 12.5. The third-order valence-electron chi connectivity index (χ3n) is 8.91. The summed E-state index contributed by atoms with van der Waals surface area (Å²) < 4.78 is 0. The number of aliphatic carboxylic acids is 1. The zero-order valence-corrected chi connectivity index (χ0v) is 21.0. The molecular formula is C28H33ClN2O3. The van der Waals surface area contributed by atoms with Gasteiger partial charge in [-0.15, -0.1) is 0 Å². The van der Waals surface area contributed by atoms with Crippen molar-refractivity contribution in [2.24, 2.45) is 16.7 Å². The predicted molar refractivity (Wildman–Crippen MR) is 130 cm³/mol. The maximum Gasteiger partial charge on any atom is 0.309 e. The number of carbonyl (C=O) groups excluding carboxylic acids is 1. The average Bonchev–Trinajstić information content (AvgIpc) is 2.70. The fraction of sp³-hybridized carbons (Fsp3) is 0.607.